The Labute approximate surface area is 150 Å². The maximum absolute atomic E-state index is 12.6. The summed E-state index contributed by atoms with van der Waals surface area (Å²) in [7, 11) is 0. The van der Waals surface area contributed by atoms with E-state index in [0.717, 1.165) is 0 Å². The second kappa shape index (κ2) is 8.26. The van der Waals surface area contributed by atoms with Gasteiger partial charge < -0.3 is 10.0 Å². The first kappa shape index (κ1) is 19.1. The van der Waals surface area contributed by atoms with Crippen LogP contribution in [0.3, 0.4) is 0 Å². The van der Waals surface area contributed by atoms with E-state index in [0.29, 0.717) is 32.5 Å². The van der Waals surface area contributed by atoms with Gasteiger partial charge in [-0.25, -0.2) is 0 Å². The average Bonchev–Trinajstić information content (AvgIpc) is 2.59. The summed E-state index contributed by atoms with van der Waals surface area (Å²) in [6.45, 7) is 3.53. The van der Waals surface area contributed by atoms with Crippen molar-refractivity contribution in [1.29, 1.82) is 0 Å². The van der Waals surface area contributed by atoms with Crippen LogP contribution in [0.25, 0.3) is 0 Å². The molecule has 1 saturated heterocycles. The van der Waals surface area contributed by atoms with Crippen LogP contribution in [0.5, 0.6) is 0 Å². The molecular weight excluding hydrogens is 350 g/mol. The van der Waals surface area contributed by atoms with Crippen molar-refractivity contribution in [3.05, 3.63) is 38.9 Å². The summed E-state index contributed by atoms with van der Waals surface area (Å²) in [5.41, 5.74) is 0.0797. The molecule has 2 rings (SSSR count). The highest BCUT2D eigenvalue weighted by Crippen LogP contribution is 2.25. The van der Waals surface area contributed by atoms with Crippen molar-refractivity contribution in [1.82, 2.24) is 9.80 Å². The smallest absolute Gasteiger partial charge is 0.317 e. The lowest BCUT2D eigenvalue weighted by atomic mass is 10.0. The fourth-order valence-corrected chi connectivity index (χ4v) is 3.32. The van der Waals surface area contributed by atoms with Gasteiger partial charge in [0.2, 0.25) is 0 Å². The minimum Gasteiger partial charge on any atom is -0.480 e. The molecule has 0 bridgehead atoms. The third-order valence-electron chi connectivity index (χ3n) is 4.41. The number of hydrogen-bond acceptors (Lipinski definition) is 5. The fraction of sp³-hybridized carbons (Fsp3) is 0.500. The SMILES string of the molecule is CCN(CC(=O)O)C1CCN(C(=O)c2ccc([N+](=O)[O-])cc2Cl)CC1. The first-order valence-electron chi connectivity index (χ1n) is 8.02. The molecule has 1 fully saturated rings. The van der Waals surface area contributed by atoms with Crippen molar-refractivity contribution in [2.75, 3.05) is 26.2 Å². The van der Waals surface area contributed by atoms with Gasteiger partial charge in [-0.3, -0.25) is 24.6 Å². The van der Waals surface area contributed by atoms with Gasteiger partial charge in [-0.05, 0) is 25.5 Å². The van der Waals surface area contributed by atoms with E-state index in [1.54, 1.807) is 4.90 Å². The second-order valence-electron chi connectivity index (χ2n) is 5.90. The number of carboxylic acids is 1. The number of halogens is 1. The van der Waals surface area contributed by atoms with Gasteiger partial charge in [0.25, 0.3) is 11.6 Å². The minimum atomic E-state index is -0.863. The molecule has 0 aliphatic carbocycles. The van der Waals surface area contributed by atoms with Crippen molar-refractivity contribution in [3.8, 4) is 0 Å². The predicted molar refractivity (Wildman–Crippen MR) is 91.9 cm³/mol. The maximum atomic E-state index is 12.6. The van der Waals surface area contributed by atoms with E-state index in [-0.39, 0.29) is 34.8 Å². The first-order valence-corrected chi connectivity index (χ1v) is 8.40. The van der Waals surface area contributed by atoms with Crippen LogP contribution in [0.15, 0.2) is 18.2 Å². The Kier molecular flexibility index (Phi) is 6.33. The monoisotopic (exact) mass is 369 g/mol. The Morgan fingerprint density at radius 1 is 1.40 bits per heavy atom. The predicted octanol–water partition coefficient (Wildman–Crippen LogP) is 2.26. The molecular formula is C16H20ClN3O5. The van der Waals surface area contributed by atoms with E-state index in [2.05, 4.69) is 0 Å². The number of nitro benzene ring substituents is 1. The molecule has 1 amide bonds. The number of benzene rings is 1. The molecule has 1 aliphatic heterocycles. The molecule has 1 N–H and O–H groups in total. The molecule has 1 aromatic rings. The molecule has 0 spiro atoms. The van der Waals surface area contributed by atoms with Crippen molar-refractivity contribution in [2.24, 2.45) is 0 Å². The lowest BCUT2D eigenvalue weighted by molar-refractivity contribution is -0.384. The lowest BCUT2D eigenvalue weighted by Crippen LogP contribution is -2.48. The summed E-state index contributed by atoms with van der Waals surface area (Å²) in [4.78, 5) is 37.2. The van der Waals surface area contributed by atoms with E-state index in [4.69, 9.17) is 16.7 Å². The van der Waals surface area contributed by atoms with Crippen LogP contribution >= 0.6 is 11.6 Å². The zero-order valence-corrected chi connectivity index (χ0v) is 14.6. The van der Waals surface area contributed by atoms with Crippen LogP contribution in [0.4, 0.5) is 5.69 Å². The molecule has 9 heteroatoms. The molecule has 1 heterocycles. The van der Waals surface area contributed by atoms with Gasteiger partial charge in [0.15, 0.2) is 0 Å². The van der Waals surface area contributed by atoms with Gasteiger partial charge in [0.05, 0.1) is 22.1 Å². The number of piperidine rings is 1. The summed E-state index contributed by atoms with van der Waals surface area (Å²) < 4.78 is 0. The Morgan fingerprint density at radius 2 is 2.04 bits per heavy atom. The number of carbonyl (C=O) groups excluding carboxylic acids is 1. The van der Waals surface area contributed by atoms with E-state index in [9.17, 15) is 19.7 Å². The number of nitrogens with zero attached hydrogens (tertiary/aromatic N) is 3. The number of likely N-dealkylation sites (tertiary alicyclic amines) is 1. The first-order chi connectivity index (χ1) is 11.8. The second-order valence-corrected chi connectivity index (χ2v) is 6.31. The van der Waals surface area contributed by atoms with Crippen LogP contribution in [0.1, 0.15) is 30.1 Å². The van der Waals surface area contributed by atoms with Gasteiger partial charge in [0.1, 0.15) is 0 Å². The van der Waals surface area contributed by atoms with Gasteiger partial charge in [-0.15, -0.1) is 0 Å². The number of carbonyl (C=O) groups is 2. The third-order valence-corrected chi connectivity index (χ3v) is 4.72. The molecule has 0 atom stereocenters. The van der Waals surface area contributed by atoms with Gasteiger partial charge in [0, 0.05) is 31.3 Å². The minimum absolute atomic E-state index is 0.0106. The topological polar surface area (TPSA) is 104 Å². The highest BCUT2D eigenvalue weighted by Gasteiger charge is 2.28. The van der Waals surface area contributed by atoms with E-state index >= 15 is 0 Å². The number of nitro groups is 1. The number of carboxylic acid groups (broad SMARTS) is 1. The molecule has 0 saturated carbocycles. The van der Waals surface area contributed by atoms with Crippen molar-refractivity contribution >= 4 is 29.2 Å². The normalized spacial score (nSPS) is 15.4. The van der Waals surface area contributed by atoms with E-state index < -0.39 is 10.9 Å². The van der Waals surface area contributed by atoms with Crippen molar-refractivity contribution < 1.29 is 19.6 Å². The number of non-ortho nitro benzene ring substituents is 1. The molecule has 0 radical (unpaired) electrons. The van der Waals surface area contributed by atoms with Crippen LogP contribution in [-0.2, 0) is 4.79 Å². The van der Waals surface area contributed by atoms with Crippen LogP contribution < -0.4 is 0 Å². The van der Waals surface area contributed by atoms with Crippen LogP contribution in [0, 0.1) is 10.1 Å². The van der Waals surface area contributed by atoms with Gasteiger partial charge in [-0.1, -0.05) is 18.5 Å². The Balaban J connectivity index is 2.01. The van der Waals surface area contributed by atoms with Gasteiger partial charge in [-0.2, -0.15) is 0 Å². The standard InChI is InChI=1S/C16H20ClN3O5/c1-2-18(10-15(21)22)11-5-7-19(8-6-11)16(23)13-4-3-12(20(24)25)9-14(13)17/h3-4,9,11H,2,5-8,10H2,1H3,(H,21,22). The molecule has 1 aromatic carbocycles. The Morgan fingerprint density at radius 3 is 2.52 bits per heavy atom. The van der Waals surface area contributed by atoms with Crippen LogP contribution in [-0.4, -0.2) is 63.9 Å². The highest BCUT2D eigenvalue weighted by molar-refractivity contribution is 6.34. The van der Waals surface area contributed by atoms with E-state index in [1.807, 2.05) is 11.8 Å². The molecule has 136 valence electrons. The quantitative estimate of drug-likeness (QED) is 0.609. The fourth-order valence-electron chi connectivity index (χ4n) is 3.07. The van der Waals surface area contributed by atoms with Crippen molar-refractivity contribution in [2.45, 2.75) is 25.8 Å². The number of aliphatic carboxylic acids is 1. The summed E-state index contributed by atoms with van der Waals surface area (Å²) in [5.74, 6) is -1.13. The maximum Gasteiger partial charge on any atom is 0.317 e. The summed E-state index contributed by atoms with van der Waals surface area (Å²) in [6, 6.07) is 3.93. The summed E-state index contributed by atoms with van der Waals surface area (Å²) in [5, 5.41) is 19.8. The number of hydrogen-bond donors (Lipinski definition) is 1. The summed E-state index contributed by atoms with van der Waals surface area (Å²) in [6.07, 6.45) is 1.36. The molecule has 8 nitrogen and oxygen atoms in total. The number of rotatable bonds is 6. The molecule has 0 unspecified atom stereocenters. The largest absolute Gasteiger partial charge is 0.480 e. The molecule has 25 heavy (non-hydrogen) atoms. The zero-order chi connectivity index (χ0) is 18.6. The number of amides is 1. The van der Waals surface area contributed by atoms with Crippen LogP contribution in [0.2, 0.25) is 5.02 Å². The Bertz CT molecular complexity index is 674. The van der Waals surface area contributed by atoms with Crippen molar-refractivity contribution in [3.63, 3.8) is 0 Å². The van der Waals surface area contributed by atoms with Gasteiger partial charge >= 0.3 is 5.97 Å². The Hall–Kier alpha value is -2.19. The zero-order valence-electron chi connectivity index (χ0n) is 13.9. The number of likely N-dealkylation sites (N-methyl/N-ethyl adjacent to an activating group) is 1. The average molecular weight is 370 g/mol. The molecule has 0 aromatic heterocycles. The third kappa shape index (κ3) is 4.67. The molecule has 1 aliphatic rings. The van der Waals surface area contributed by atoms with E-state index in [1.165, 1.54) is 18.2 Å². The lowest BCUT2D eigenvalue weighted by Gasteiger charge is -2.37. The highest BCUT2D eigenvalue weighted by atomic mass is 35.5. The summed E-state index contributed by atoms with van der Waals surface area (Å²) >= 11 is 6.02.